The Morgan fingerprint density at radius 3 is 1.51 bits per heavy atom. The van der Waals surface area contributed by atoms with E-state index in [4.69, 9.17) is 9.40 Å². The maximum absolute atomic E-state index is 6.46. The molecule has 0 bridgehead atoms. The molecule has 0 aliphatic rings. The first-order valence-electron chi connectivity index (χ1n) is 17.5. The van der Waals surface area contributed by atoms with Crippen molar-refractivity contribution in [3.05, 3.63) is 176 Å². The largest absolute Gasteiger partial charge is 0.435 e. The molecule has 0 N–H and O–H groups in total. The molecule has 11 aromatic rings. The fourth-order valence-corrected chi connectivity index (χ4v) is 8.28. The molecule has 51 heavy (non-hydrogen) atoms. The van der Waals surface area contributed by atoms with Crippen molar-refractivity contribution in [1.82, 2.24) is 4.98 Å². The van der Waals surface area contributed by atoms with Crippen molar-refractivity contribution in [3.8, 4) is 33.7 Å². The summed E-state index contributed by atoms with van der Waals surface area (Å²) in [5.41, 5.74) is 7.55. The highest BCUT2D eigenvalue weighted by atomic mass is 16.3. The summed E-state index contributed by atoms with van der Waals surface area (Å²) in [4.78, 5) is 4.85. The van der Waals surface area contributed by atoms with Crippen molar-refractivity contribution in [2.75, 3.05) is 0 Å². The molecule has 0 saturated heterocycles. The molecule has 0 radical (unpaired) electrons. The molecule has 10 aromatic carbocycles. The Kier molecular flexibility index (Phi) is 5.99. The number of nitrogens with zero attached hydrogens (tertiary/aromatic N) is 1. The van der Waals surface area contributed by atoms with Crippen molar-refractivity contribution in [2.45, 2.75) is 0 Å². The van der Waals surface area contributed by atoms with Gasteiger partial charge in [-0.2, -0.15) is 0 Å². The molecule has 0 fully saturated rings. The summed E-state index contributed by atoms with van der Waals surface area (Å²) in [5, 5.41) is 14.8. The minimum atomic E-state index is 0.645. The van der Waals surface area contributed by atoms with Gasteiger partial charge in [-0.3, -0.25) is 0 Å². The summed E-state index contributed by atoms with van der Waals surface area (Å²) in [6.45, 7) is 0. The molecule has 0 atom stereocenters. The Bertz CT molecular complexity index is 3150. The van der Waals surface area contributed by atoms with Crippen LogP contribution in [0.15, 0.2) is 180 Å². The van der Waals surface area contributed by atoms with Gasteiger partial charge in [0.15, 0.2) is 5.58 Å². The van der Waals surface area contributed by atoms with Crippen molar-refractivity contribution >= 4 is 75.7 Å². The molecule has 236 valence electrons. The first-order chi connectivity index (χ1) is 25.3. The van der Waals surface area contributed by atoms with Crippen LogP contribution in [-0.2, 0) is 0 Å². The molecule has 2 heteroatoms. The minimum Gasteiger partial charge on any atom is -0.435 e. The summed E-state index contributed by atoms with van der Waals surface area (Å²) in [5.74, 6) is 0.645. The van der Waals surface area contributed by atoms with Crippen LogP contribution in [0.3, 0.4) is 0 Å². The van der Waals surface area contributed by atoms with E-state index in [-0.39, 0.29) is 0 Å². The molecule has 0 aliphatic heterocycles. The molecule has 0 spiro atoms. The van der Waals surface area contributed by atoms with E-state index in [1.165, 1.54) is 70.7 Å². The molecule has 1 heterocycles. The number of fused-ring (bicyclic) bond motifs is 12. The van der Waals surface area contributed by atoms with Crippen LogP contribution in [0.4, 0.5) is 0 Å². The first-order valence-corrected chi connectivity index (χ1v) is 17.5. The van der Waals surface area contributed by atoms with E-state index in [1.54, 1.807) is 0 Å². The average molecular weight is 648 g/mol. The molecular weight excluding hydrogens is 619 g/mol. The number of rotatable bonds is 3. The molecule has 1 aromatic heterocycles. The highest BCUT2D eigenvalue weighted by Gasteiger charge is 2.16. The summed E-state index contributed by atoms with van der Waals surface area (Å²) in [6.07, 6.45) is 0. The van der Waals surface area contributed by atoms with E-state index < -0.39 is 0 Å². The van der Waals surface area contributed by atoms with Crippen LogP contribution in [-0.4, -0.2) is 4.98 Å². The Balaban J connectivity index is 1.07. The van der Waals surface area contributed by atoms with E-state index in [9.17, 15) is 0 Å². The van der Waals surface area contributed by atoms with Gasteiger partial charge in [0, 0.05) is 10.9 Å². The van der Waals surface area contributed by atoms with Crippen molar-refractivity contribution in [3.63, 3.8) is 0 Å². The van der Waals surface area contributed by atoms with Crippen LogP contribution in [0.5, 0.6) is 0 Å². The topological polar surface area (TPSA) is 26.0 Å². The fourth-order valence-electron chi connectivity index (χ4n) is 8.28. The van der Waals surface area contributed by atoms with Gasteiger partial charge in [0.2, 0.25) is 5.89 Å². The molecule has 0 aliphatic carbocycles. The predicted molar refractivity (Wildman–Crippen MR) is 215 cm³/mol. The number of benzene rings is 10. The fraction of sp³-hybridized carbons (Fsp3) is 0. The van der Waals surface area contributed by atoms with Crippen LogP contribution in [0.25, 0.3) is 109 Å². The standard InChI is InChI=1S/C49H29NO/c1-2-10-31(11-3-1)49-50-46-27-22-30-18-19-33-28-32(20-23-37(33)47(30)48(46)51-49)35-25-26-36(39-13-5-4-12-38(35)39)34-21-24-44-42-16-7-6-14-40(42)41-15-8-9-17-43(41)45(44)29-34/h1-29H. The number of hydrogen-bond acceptors (Lipinski definition) is 2. The smallest absolute Gasteiger partial charge is 0.227 e. The van der Waals surface area contributed by atoms with E-state index in [2.05, 4.69) is 146 Å². The summed E-state index contributed by atoms with van der Waals surface area (Å²) in [6, 6.07) is 63.5. The van der Waals surface area contributed by atoms with E-state index in [0.717, 1.165) is 32.8 Å². The summed E-state index contributed by atoms with van der Waals surface area (Å²) < 4.78 is 6.46. The van der Waals surface area contributed by atoms with Crippen molar-refractivity contribution < 1.29 is 4.42 Å². The molecule has 11 rings (SSSR count). The number of hydrogen-bond donors (Lipinski definition) is 0. The normalized spacial score (nSPS) is 11.9. The zero-order valence-electron chi connectivity index (χ0n) is 27.6. The minimum absolute atomic E-state index is 0.645. The number of aromatic nitrogens is 1. The second-order valence-corrected chi connectivity index (χ2v) is 13.5. The van der Waals surface area contributed by atoms with Crippen LogP contribution >= 0.6 is 0 Å². The SMILES string of the molecule is c1ccc(-c2nc3ccc4ccc5cc(-c6ccc(-c7ccc8c9ccccc9c9ccccc9c8c7)c7ccccc67)ccc5c4c3o2)cc1. The maximum Gasteiger partial charge on any atom is 0.227 e. The molecule has 0 unspecified atom stereocenters. The highest BCUT2D eigenvalue weighted by molar-refractivity contribution is 6.26. The molecule has 2 nitrogen and oxygen atoms in total. The Morgan fingerprint density at radius 2 is 0.843 bits per heavy atom. The zero-order chi connectivity index (χ0) is 33.5. The highest BCUT2D eigenvalue weighted by Crippen LogP contribution is 2.42. The second-order valence-electron chi connectivity index (χ2n) is 13.5. The lowest BCUT2D eigenvalue weighted by Crippen LogP contribution is -1.88. The van der Waals surface area contributed by atoms with Gasteiger partial charge in [-0.15, -0.1) is 0 Å². The second kappa shape index (κ2) is 10.9. The third-order valence-electron chi connectivity index (χ3n) is 10.7. The van der Waals surface area contributed by atoms with Crippen LogP contribution in [0.2, 0.25) is 0 Å². The van der Waals surface area contributed by atoms with E-state index in [0.29, 0.717) is 5.89 Å². The monoisotopic (exact) mass is 647 g/mol. The Labute approximate surface area is 293 Å². The number of oxazole rings is 1. The van der Waals surface area contributed by atoms with Gasteiger partial charge < -0.3 is 4.42 Å². The summed E-state index contributed by atoms with van der Waals surface area (Å²) in [7, 11) is 0. The Morgan fingerprint density at radius 1 is 0.333 bits per heavy atom. The van der Waals surface area contributed by atoms with Gasteiger partial charge in [0.25, 0.3) is 0 Å². The van der Waals surface area contributed by atoms with Crippen LogP contribution in [0, 0.1) is 0 Å². The zero-order valence-corrected chi connectivity index (χ0v) is 27.6. The maximum atomic E-state index is 6.46. The van der Waals surface area contributed by atoms with Crippen LogP contribution < -0.4 is 0 Å². The van der Waals surface area contributed by atoms with Gasteiger partial charge in [0.05, 0.1) is 0 Å². The van der Waals surface area contributed by atoms with Gasteiger partial charge in [0.1, 0.15) is 5.52 Å². The van der Waals surface area contributed by atoms with Gasteiger partial charge in [-0.25, -0.2) is 4.98 Å². The lowest BCUT2D eigenvalue weighted by molar-refractivity contribution is 0.623. The van der Waals surface area contributed by atoms with Crippen molar-refractivity contribution in [2.24, 2.45) is 0 Å². The Hall–Kier alpha value is -6.77. The quantitative estimate of drug-likeness (QED) is 0.178. The molecular formula is C49H29NO. The van der Waals surface area contributed by atoms with E-state index >= 15 is 0 Å². The predicted octanol–water partition coefficient (Wildman–Crippen LogP) is 13.7. The van der Waals surface area contributed by atoms with E-state index in [1.807, 2.05) is 30.3 Å². The molecule has 0 saturated carbocycles. The van der Waals surface area contributed by atoms with Gasteiger partial charge in [-0.05, 0) is 112 Å². The van der Waals surface area contributed by atoms with Gasteiger partial charge >= 0.3 is 0 Å². The first kappa shape index (κ1) is 28.1. The molecule has 0 amide bonds. The van der Waals surface area contributed by atoms with Crippen LogP contribution in [0.1, 0.15) is 0 Å². The van der Waals surface area contributed by atoms with Gasteiger partial charge in [-0.1, -0.05) is 146 Å². The lowest BCUT2D eigenvalue weighted by Gasteiger charge is -2.15. The third-order valence-corrected chi connectivity index (χ3v) is 10.7. The average Bonchev–Trinajstić information content (AvgIpc) is 3.65. The third kappa shape index (κ3) is 4.27. The van der Waals surface area contributed by atoms with Crippen molar-refractivity contribution in [1.29, 1.82) is 0 Å². The summed E-state index contributed by atoms with van der Waals surface area (Å²) >= 11 is 0. The lowest BCUT2D eigenvalue weighted by atomic mass is 9.88.